The van der Waals surface area contributed by atoms with E-state index in [0.29, 0.717) is 48.1 Å². The van der Waals surface area contributed by atoms with Gasteiger partial charge in [-0.15, -0.1) is 0 Å². The van der Waals surface area contributed by atoms with Gasteiger partial charge < -0.3 is 20.1 Å². The fraction of sp³-hybridized carbons (Fsp3) is 0.400. The standard InChI is InChI=1S/C25H25ClN2O5/c26-20-11-14(3-7-22(20)33-17-9-15(10-17)25(31)32)19(12-16-4-8-23(29)27-16)21-6-5-18(13-1-2-13)24(30)28-21/h3,5-7,11-13,15-17H,1-2,4,8-10H2,(H,27,29)(H,28,30)(H,31,32)/b19-12+/t15?,16-,17?/m1/s1. The molecule has 3 fully saturated rings. The Morgan fingerprint density at radius 3 is 2.52 bits per heavy atom. The Bertz CT molecular complexity index is 1190. The predicted octanol–water partition coefficient (Wildman–Crippen LogP) is 3.86. The van der Waals surface area contributed by atoms with Crippen LogP contribution in [0.4, 0.5) is 0 Å². The smallest absolute Gasteiger partial charge is 0.306 e. The molecule has 2 saturated carbocycles. The number of halogens is 1. The van der Waals surface area contributed by atoms with E-state index in [-0.39, 0.29) is 29.5 Å². The largest absolute Gasteiger partial charge is 0.489 e. The number of aromatic nitrogens is 1. The Balaban J connectivity index is 1.43. The van der Waals surface area contributed by atoms with Crippen molar-refractivity contribution in [2.24, 2.45) is 5.92 Å². The van der Waals surface area contributed by atoms with E-state index in [4.69, 9.17) is 21.4 Å². The van der Waals surface area contributed by atoms with Crippen LogP contribution in [0.3, 0.4) is 0 Å². The van der Waals surface area contributed by atoms with E-state index in [9.17, 15) is 14.4 Å². The maximum atomic E-state index is 12.7. The molecule has 2 heterocycles. The Labute approximate surface area is 195 Å². The third kappa shape index (κ3) is 4.69. The van der Waals surface area contributed by atoms with Crippen LogP contribution in [-0.2, 0) is 9.59 Å². The molecule has 2 aliphatic carbocycles. The summed E-state index contributed by atoms with van der Waals surface area (Å²) in [4.78, 5) is 38.4. The van der Waals surface area contributed by atoms with Crippen molar-refractivity contribution >= 4 is 29.1 Å². The number of pyridine rings is 1. The van der Waals surface area contributed by atoms with Gasteiger partial charge in [-0.1, -0.05) is 29.8 Å². The zero-order valence-corrected chi connectivity index (χ0v) is 18.7. The third-order valence-electron chi connectivity index (χ3n) is 6.62. The van der Waals surface area contributed by atoms with Crippen LogP contribution in [0.1, 0.15) is 61.3 Å². The molecule has 172 valence electrons. The zero-order chi connectivity index (χ0) is 23.1. The minimum atomic E-state index is -0.799. The molecule has 1 aromatic heterocycles. The number of ether oxygens (including phenoxy) is 1. The fourth-order valence-corrected chi connectivity index (χ4v) is 4.70. The van der Waals surface area contributed by atoms with Crippen molar-refractivity contribution in [3.63, 3.8) is 0 Å². The summed E-state index contributed by atoms with van der Waals surface area (Å²) in [5.74, 6) is -0.302. The molecule has 0 unspecified atom stereocenters. The number of H-pyrrole nitrogens is 1. The number of carbonyl (C=O) groups excluding carboxylic acids is 1. The van der Waals surface area contributed by atoms with Gasteiger partial charge in [0.05, 0.1) is 10.9 Å². The first-order chi connectivity index (χ1) is 15.9. The lowest BCUT2D eigenvalue weighted by atomic mass is 9.82. The first-order valence-electron chi connectivity index (χ1n) is 11.3. The van der Waals surface area contributed by atoms with Crippen LogP contribution >= 0.6 is 11.6 Å². The topological polar surface area (TPSA) is 108 Å². The van der Waals surface area contributed by atoms with Crippen molar-refractivity contribution in [2.75, 3.05) is 0 Å². The van der Waals surface area contributed by atoms with Crippen LogP contribution in [0.5, 0.6) is 5.75 Å². The summed E-state index contributed by atoms with van der Waals surface area (Å²) in [7, 11) is 0. The number of rotatable bonds is 7. The summed E-state index contributed by atoms with van der Waals surface area (Å²) >= 11 is 6.52. The van der Waals surface area contributed by atoms with Gasteiger partial charge in [0.25, 0.3) is 5.56 Å². The number of amides is 1. The highest BCUT2D eigenvalue weighted by Gasteiger charge is 2.36. The fourth-order valence-electron chi connectivity index (χ4n) is 4.47. The lowest BCUT2D eigenvalue weighted by Crippen LogP contribution is -2.38. The normalized spacial score (nSPS) is 24.8. The van der Waals surface area contributed by atoms with Crippen LogP contribution in [0.15, 0.2) is 41.2 Å². The summed E-state index contributed by atoms with van der Waals surface area (Å²) in [6.45, 7) is 0. The molecular formula is C25H25ClN2O5. The first kappa shape index (κ1) is 21.8. The lowest BCUT2D eigenvalue weighted by molar-refractivity contribution is -0.147. The van der Waals surface area contributed by atoms with E-state index >= 15 is 0 Å². The number of nitrogens with one attached hydrogen (secondary N) is 2. The maximum Gasteiger partial charge on any atom is 0.306 e. The number of hydrogen-bond acceptors (Lipinski definition) is 4. The molecule has 1 aliphatic heterocycles. The molecule has 5 rings (SSSR count). The lowest BCUT2D eigenvalue weighted by Gasteiger charge is -2.32. The zero-order valence-electron chi connectivity index (χ0n) is 18.0. The number of carboxylic acid groups (broad SMARTS) is 1. The summed E-state index contributed by atoms with van der Waals surface area (Å²) < 4.78 is 5.89. The van der Waals surface area contributed by atoms with Crippen LogP contribution in [0.25, 0.3) is 5.57 Å². The van der Waals surface area contributed by atoms with Gasteiger partial charge in [-0.05, 0) is 61.8 Å². The van der Waals surface area contributed by atoms with E-state index in [2.05, 4.69) is 10.3 Å². The molecule has 33 heavy (non-hydrogen) atoms. The van der Waals surface area contributed by atoms with Crippen molar-refractivity contribution in [3.8, 4) is 5.75 Å². The second kappa shape index (κ2) is 8.71. The van der Waals surface area contributed by atoms with Gasteiger partial charge in [0.2, 0.25) is 5.91 Å². The predicted molar refractivity (Wildman–Crippen MR) is 124 cm³/mol. The average Bonchev–Trinajstić information content (AvgIpc) is 3.50. The quantitative estimate of drug-likeness (QED) is 0.571. The summed E-state index contributed by atoms with van der Waals surface area (Å²) in [5.41, 5.74) is 2.97. The van der Waals surface area contributed by atoms with Crippen molar-refractivity contribution in [1.82, 2.24) is 10.3 Å². The summed E-state index contributed by atoms with van der Waals surface area (Å²) in [6, 6.07) is 9.09. The second-order valence-corrected chi connectivity index (χ2v) is 9.52. The molecule has 3 N–H and O–H groups in total. The van der Waals surface area contributed by atoms with Gasteiger partial charge in [0.15, 0.2) is 0 Å². The molecule has 7 nitrogen and oxygen atoms in total. The summed E-state index contributed by atoms with van der Waals surface area (Å²) in [6.07, 6.45) is 5.98. The molecule has 0 bridgehead atoms. The van der Waals surface area contributed by atoms with Gasteiger partial charge in [0, 0.05) is 29.3 Å². The van der Waals surface area contributed by atoms with Gasteiger partial charge in [-0.2, -0.15) is 0 Å². The molecule has 1 amide bonds. The monoisotopic (exact) mass is 468 g/mol. The second-order valence-electron chi connectivity index (χ2n) is 9.12. The highest BCUT2D eigenvalue weighted by molar-refractivity contribution is 6.32. The molecule has 0 radical (unpaired) electrons. The van der Waals surface area contributed by atoms with Crippen molar-refractivity contribution in [1.29, 1.82) is 0 Å². The molecule has 1 saturated heterocycles. The van der Waals surface area contributed by atoms with Crippen LogP contribution in [-0.4, -0.2) is 34.1 Å². The Morgan fingerprint density at radius 1 is 1.12 bits per heavy atom. The van der Waals surface area contributed by atoms with Gasteiger partial charge in [-0.25, -0.2) is 0 Å². The number of carboxylic acids is 1. The van der Waals surface area contributed by atoms with Crippen LogP contribution in [0, 0.1) is 5.92 Å². The number of hydrogen-bond donors (Lipinski definition) is 3. The maximum absolute atomic E-state index is 12.7. The van der Waals surface area contributed by atoms with E-state index in [1.165, 1.54) is 0 Å². The third-order valence-corrected chi connectivity index (χ3v) is 6.92. The van der Waals surface area contributed by atoms with E-state index in [0.717, 1.165) is 29.5 Å². The molecule has 0 spiro atoms. The number of aliphatic carboxylic acids is 1. The molecule has 8 heteroatoms. The Hall–Kier alpha value is -3.06. The van der Waals surface area contributed by atoms with E-state index < -0.39 is 5.97 Å². The van der Waals surface area contributed by atoms with Crippen molar-refractivity contribution in [2.45, 2.75) is 56.6 Å². The van der Waals surface area contributed by atoms with Gasteiger partial charge >= 0.3 is 5.97 Å². The molecule has 1 atom stereocenters. The molecular weight excluding hydrogens is 444 g/mol. The van der Waals surface area contributed by atoms with Crippen LogP contribution < -0.4 is 15.6 Å². The SMILES string of the molecule is O=C1CC[C@H](/C=C(\c2ccc(OC3CC(C(=O)O)C3)c(Cl)c2)c2ccc(C3CC3)c(=O)[nH]2)N1. The molecule has 3 aliphatic rings. The van der Waals surface area contributed by atoms with E-state index in [1.807, 2.05) is 24.3 Å². The van der Waals surface area contributed by atoms with Crippen molar-refractivity contribution < 1.29 is 19.4 Å². The minimum absolute atomic E-state index is 0.00937. The van der Waals surface area contributed by atoms with Gasteiger partial charge in [0.1, 0.15) is 11.9 Å². The minimum Gasteiger partial charge on any atom is -0.489 e. The number of aromatic amines is 1. The van der Waals surface area contributed by atoms with E-state index in [1.54, 1.807) is 12.1 Å². The Kier molecular flexibility index (Phi) is 5.74. The Morgan fingerprint density at radius 2 is 1.91 bits per heavy atom. The summed E-state index contributed by atoms with van der Waals surface area (Å²) in [5, 5.41) is 12.4. The highest BCUT2D eigenvalue weighted by Crippen LogP contribution is 2.39. The van der Waals surface area contributed by atoms with Gasteiger partial charge in [-0.3, -0.25) is 14.4 Å². The number of benzene rings is 1. The average molecular weight is 469 g/mol. The number of carbonyl (C=O) groups is 2. The molecule has 2 aromatic rings. The van der Waals surface area contributed by atoms with Crippen molar-refractivity contribution in [3.05, 3.63) is 68.6 Å². The van der Waals surface area contributed by atoms with Crippen LogP contribution in [0.2, 0.25) is 5.02 Å². The first-order valence-corrected chi connectivity index (χ1v) is 11.7. The highest BCUT2D eigenvalue weighted by atomic mass is 35.5. The molecule has 1 aromatic carbocycles.